The van der Waals surface area contributed by atoms with Crippen LogP contribution in [0.15, 0.2) is 24.3 Å². The van der Waals surface area contributed by atoms with Gasteiger partial charge in [0.25, 0.3) is 0 Å². The maximum Gasteiger partial charge on any atom is 0.416 e. The average Bonchev–Trinajstić information content (AvgIpc) is 2.70. The van der Waals surface area contributed by atoms with Gasteiger partial charge in [-0.25, -0.2) is 0 Å². The number of nitrogens with zero attached hydrogens (tertiary/aromatic N) is 3. The summed E-state index contributed by atoms with van der Waals surface area (Å²) in [6.07, 6.45) is -4.87. The third-order valence-electron chi connectivity index (χ3n) is 5.46. The van der Waals surface area contributed by atoms with Gasteiger partial charge in [-0.05, 0) is 25.2 Å². The van der Waals surface area contributed by atoms with Crippen molar-refractivity contribution in [1.29, 1.82) is 0 Å². The number of hydrogen-bond donors (Lipinski definition) is 2. The van der Waals surface area contributed by atoms with Gasteiger partial charge in [-0.3, -0.25) is 19.3 Å². The Balaban J connectivity index is 1.62. The molecule has 0 bridgehead atoms. The number of piperazine rings is 2. The lowest BCUT2D eigenvalue weighted by atomic mass is 10.1. The topological polar surface area (TPSA) is 85.0 Å². The summed E-state index contributed by atoms with van der Waals surface area (Å²) in [6.45, 7) is 3.89. The Hall–Kier alpha value is -2.66. The van der Waals surface area contributed by atoms with E-state index in [1.807, 2.05) is 11.9 Å². The number of carbonyl (C=O) groups excluding carboxylic acids is 3. The van der Waals surface area contributed by atoms with E-state index < -0.39 is 29.6 Å². The molecule has 0 aromatic heterocycles. The van der Waals surface area contributed by atoms with E-state index in [-0.39, 0.29) is 31.1 Å². The third kappa shape index (κ3) is 6.17. The van der Waals surface area contributed by atoms with Crippen molar-refractivity contribution in [1.82, 2.24) is 20.0 Å². The van der Waals surface area contributed by atoms with Crippen LogP contribution >= 0.6 is 0 Å². The lowest BCUT2D eigenvalue weighted by Gasteiger charge is -2.37. The number of nitrogens with one attached hydrogen (secondary N) is 2. The maximum absolute atomic E-state index is 12.9. The van der Waals surface area contributed by atoms with Crippen LogP contribution in [0.4, 0.5) is 18.9 Å². The Labute approximate surface area is 178 Å². The number of rotatable bonds is 5. The second-order valence-corrected chi connectivity index (χ2v) is 7.80. The fourth-order valence-corrected chi connectivity index (χ4v) is 3.67. The van der Waals surface area contributed by atoms with Gasteiger partial charge >= 0.3 is 6.18 Å². The summed E-state index contributed by atoms with van der Waals surface area (Å²) in [7, 11) is 2.01. The molecule has 2 aliphatic heterocycles. The van der Waals surface area contributed by atoms with E-state index in [1.165, 1.54) is 17.0 Å². The highest BCUT2D eigenvalue weighted by Crippen LogP contribution is 2.30. The predicted octanol–water partition coefficient (Wildman–Crippen LogP) is 0.608. The van der Waals surface area contributed by atoms with Crippen molar-refractivity contribution in [3.63, 3.8) is 0 Å². The van der Waals surface area contributed by atoms with Gasteiger partial charge in [-0.2, -0.15) is 13.2 Å². The molecule has 1 atom stereocenters. The second-order valence-electron chi connectivity index (χ2n) is 7.80. The molecule has 0 saturated carbocycles. The molecule has 31 heavy (non-hydrogen) atoms. The first-order valence-corrected chi connectivity index (χ1v) is 10.1. The molecule has 2 saturated heterocycles. The van der Waals surface area contributed by atoms with Gasteiger partial charge in [-0.15, -0.1) is 0 Å². The van der Waals surface area contributed by atoms with Crippen LogP contribution in [-0.4, -0.2) is 91.3 Å². The molecule has 1 aromatic carbocycles. The zero-order valence-corrected chi connectivity index (χ0v) is 17.2. The zero-order valence-electron chi connectivity index (χ0n) is 17.2. The predicted molar refractivity (Wildman–Crippen MR) is 107 cm³/mol. The molecule has 2 fully saturated rings. The molecular weight excluding hydrogens is 415 g/mol. The molecule has 0 aliphatic carbocycles. The van der Waals surface area contributed by atoms with E-state index in [0.717, 1.165) is 38.3 Å². The first kappa shape index (κ1) is 23.0. The number of likely N-dealkylation sites (N-methyl/N-ethyl adjacent to an activating group) is 1. The fourth-order valence-electron chi connectivity index (χ4n) is 3.67. The van der Waals surface area contributed by atoms with Crippen LogP contribution in [0, 0.1) is 0 Å². The highest BCUT2D eigenvalue weighted by molar-refractivity contribution is 5.97. The van der Waals surface area contributed by atoms with Gasteiger partial charge in [0.05, 0.1) is 18.5 Å². The normalized spacial score (nSPS) is 21.0. The molecule has 0 spiro atoms. The molecule has 2 N–H and O–H groups in total. The monoisotopic (exact) mass is 441 g/mol. The van der Waals surface area contributed by atoms with Crippen LogP contribution in [0.25, 0.3) is 0 Å². The Morgan fingerprint density at radius 3 is 2.55 bits per heavy atom. The number of benzene rings is 1. The minimum Gasteiger partial charge on any atom is -0.353 e. The van der Waals surface area contributed by atoms with Crippen LogP contribution in [0.5, 0.6) is 0 Å². The summed E-state index contributed by atoms with van der Waals surface area (Å²) in [5, 5.41) is 5.04. The van der Waals surface area contributed by atoms with E-state index in [1.54, 1.807) is 0 Å². The SMILES string of the molecule is CN1CCN(CC(=O)N2CCNC(=O)C2CC(=O)Nc2cccc(C(F)(F)F)c2)CC1. The Morgan fingerprint density at radius 1 is 1.16 bits per heavy atom. The van der Waals surface area contributed by atoms with Crippen molar-refractivity contribution < 1.29 is 27.6 Å². The van der Waals surface area contributed by atoms with Crippen molar-refractivity contribution in [3.8, 4) is 0 Å². The molecule has 1 unspecified atom stereocenters. The maximum atomic E-state index is 12.9. The molecule has 0 radical (unpaired) electrons. The van der Waals surface area contributed by atoms with E-state index in [2.05, 4.69) is 15.5 Å². The fraction of sp³-hybridized carbons (Fsp3) is 0.550. The van der Waals surface area contributed by atoms with Crippen molar-refractivity contribution in [2.24, 2.45) is 0 Å². The molecule has 3 amide bonds. The lowest BCUT2D eigenvalue weighted by molar-refractivity contribution is -0.145. The van der Waals surface area contributed by atoms with Crippen molar-refractivity contribution >= 4 is 23.4 Å². The van der Waals surface area contributed by atoms with E-state index in [0.29, 0.717) is 6.54 Å². The number of alkyl halides is 3. The number of hydrogen-bond acceptors (Lipinski definition) is 5. The molecule has 2 aliphatic rings. The van der Waals surface area contributed by atoms with Gasteiger partial charge in [0, 0.05) is 45.0 Å². The van der Waals surface area contributed by atoms with Gasteiger partial charge < -0.3 is 20.4 Å². The van der Waals surface area contributed by atoms with E-state index in [9.17, 15) is 27.6 Å². The number of anilines is 1. The number of halogens is 3. The largest absolute Gasteiger partial charge is 0.416 e. The highest BCUT2D eigenvalue weighted by Gasteiger charge is 2.35. The Morgan fingerprint density at radius 2 is 1.87 bits per heavy atom. The average molecular weight is 441 g/mol. The third-order valence-corrected chi connectivity index (χ3v) is 5.46. The summed E-state index contributed by atoms with van der Waals surface area (Å²) >= 11 is 0. The van der Waals surface area contributed by atoms with Gasteiger partial charge in [0.2, 0.25) is 17.7 Å². The molecule has 8 nitrogen and oxygen atoms in total. The first-order valence-electron chi connectivity index (χ1n) is 10.1. The summed E-state index contributed by atoms with van der Waals surface area (Å²) < 4.78 is 38.6. The minimum atomic E-state index is -4.53. The summed E-state index contributed by atoms with van der Waals surface area (Å²) in [5.74, 6) is -1.33. The van der Waals surface area contributed by atoms with Crippen LogP contribution in [0.3, 0.4) is 0 Å². The van der Waals surface area contributed by atoms with Crippen LogP contribution in [-0.2, 0) is 20.6 Å². The molecular formula is C20H26F3N5O3. The first-order chi connectivity index (χ1) is 14.6. The zero-order chi connectivity index (χ0) is 22.6. The van der Waals surface area contributed by atoms with E-state index in [4.69, 9.17) is 0 Å². The minimum absolute atomic E-state index is 0.0219. The number of carbonyl (C=O) groups is 3. The van der Waals surface area contributed by atoms with Gasteiger partial charge in [-0.1, -0.05) is 6.07 Å². The number of amides is 3. The second kappa shape index (κ2) is 9.65. The smallest absolute Gasteiger partial charge is 0.353 e. The standard InChI is InChI=1S/C20H26F3N5O3/c1-26-7-9-27(10-8-26)13-18(30)28-6-5-24-19(31)16(28)12-17(29)25-15-4-2-3-14(11-15)20(21,22)23/h2-4,11,16H,5-10,12-13H2,1H3,(H,24,31)(H,25,29). The van der Waals surface area contributed by atoms with Crippen molar-refractivity contribution in [3.05, 3.63) is 29.8 Å². The van der Waals surface area contributed by atoms with Crippen molar-refractivity contribution in [2.45, 2.75) is 18.6 Å². The molecule has 170 valence electrons. The molecule has 3 rings (SSSR count). The summed E-state index contributed by atoms with van der Waals surface area (Å²) in [4.78, 5) is 43.2. The lowest BCUT2D eigenvalue weighted by Crippen LogP contribution is -2.60. The highest BCUT2D eigenvalue weighted by atomic mass is 19.4. The van der Waals surface area contributed by atoms with Crippen LogP contribution in [0.2, 0.25) is 0 Å². The molecule has 1 aromatic rings. The Kier molecular flexibility index (Phi) is 7.16. The summed E-state index contributed by atoms with van der Waals surface area (Å²) in [5.41, 5.74) is -0.906. The molecule has 2 heterocycles. The van der Waals surface area contributed by atoms with E-state index >= 15 is 0 Å². The van der Waals surface area contributed by atoms with Gasteiger partial charge in [0.15, 0.2) is 0 Å². The molecule has 11 heteroatoms. The van der Waals surface area contributed by atoms with Crippen LogP contribution in [0.1, 0.15) is 12.0 Å². The summed E-state index contributed by atoms with van der Waals surface area (Å²) in [6, 6.07) is 3.26. The Bertz CT molecular complexity index is 825. The van der Waals surface area contributed by atoms with Crippen molar-refractivity contribution in [2.75, 3.05) is 58.2 Å². The van der Waals surface area contributed by atoms with Gasteiger partial charge in [0.1, 0.15) is 6.04 Å². The quantitative estimate of drug-likeness (QED) is 0.700. The van der Waals surface area contributed by atoms with Crippen LogP contribution < -0.4 is 10.6 Å².